The Morgan fingerprint density at radius 3 is 2.50 bits per heavy atom. The highest BCUT2D eigenvalue weighted by Crippen LogP contribution is 2.54. The zero-order valence-electron chi connectivity index (χ0n) is 10.8. The van der Waals surface area contributed by atoms with Gasteiger partial charge in [-0.1, -0.05) is 6.92 Å². The average Bonchev–Trinajstić information content (AvgIpc) is 2.93. The minimum atomic E-state index is -0.0265. The van der Waals surface area contributed by atoms with Crippen molar-refractivity contribution in [3.63, 3.8) is 0 Å². The van der Waals surface area contributed by atoms with E-state index in [-0.39, 0.29) is 17.9 Å². The summed E-state index contributed by atoms with van der Waals surface area (Å²) in [6.45, 7) is 7.10. The SMILES string of the molecule is COC(C)C(C)C(=O)N1CC2(CC2)C[C@H]1C. The van der Waals surface area contributed by atoms with E-state index < -0.39 is 0 Å². The quantitative estimate of drug-likeness (QED) is 0.736. The molecular weight excluding hydrogens is 202 g/mol. The van der Waals surface area contributed by atoms with Crippen LogP contribution in [-0.4, -0.2) is 36.6 Å². The van der Waals surface area contributed by atoms with Crippen molar-refractivity contribution >= 4 is 5.91 Å². The van der Waals surface area contributed by atoms with Gasteiger partial charge in [-0.05, 0) is 38.5 Å². The van der Waals surface area contributed by atoms with Gasteiger partial charge in [0, 0.05) is 19.7 Å². The van der Waals surface area contributed by atoms with Crippen LogP contribution in [0.15, 0.2) is 0 Å². The molecule has 0 radical (unpaired) electrons. The monoisotopic (exact) mass is 225 g/mol. The maximum Gasteiger partial charge on any atom is 0.228 e. The van der Waals surface area contributed by atoms with E-state index in [1.807, 2.05) is 13.8 Å². The molecule has 1 spiro atoms. The van der Waals surface area contributed by atoms with Gasteiger partial charge in [-0.15, -0.1) is 0 Å². The highest BCUT2D eigenvalue weighted by Gasteiger charge is 2.52. The lowest BCUT2D eigenvalue weighted by Gasteiger charge is -2.27. The fraction of sp³-hybridized carbons (Fsp3) is 0.923. The Balaban J connectivity index is 1.99. The number of nitrogens with zero attached hydrogens (tertiary/aromatic N) is 1. The maximum absolute atomic E-state index is 12.3. The maximum atomic E-state index is 12.3. The molecule has 0 aromatic carbocycles. The third-order valence-corrected chi connectivity index (χ3v) is 4.47. The van der Waals surface area contributed by atoms with Crippen LogP contribution in [0, 0.1) is 11.3 Å². The van der Waals surface area contributed by atoms with E-state index in [0.717, 1.165) is 6.54 Å². The van der Waals surface area contributed by atoms with Crippen molar-refractivity contribution in [2.75, 3.05) is 13.7 Å². The molecule has 3 atom stereocenters. The summed E-state index contributed by atoms with van der Waals surface area (Å²) < 4.78 is 5.25. The minimum Gasteiger partial charge on any atom is -0.381 e. The van der Waals surface area contributed by atoms with Gasteiger partial charge < -0.3 is 9.64 Å². The van der Waals surface area contributed by atoms with Crippen LogP contribution in [0.5, 0.6) is 0 Å². The fourth-order valence-electron chi connectivity index (χ4n) is 2.82. The van der Waals surface area contributed by atoms with Gasteiger partial charge in [0.05, 0.1) is 12.0 Å². The normalized spacial score (nSPS) is 30.5. The van der Waals surface area contributed by atoms with Crippen molar-refractivity contribution in [3.05, 3.63) is 0 Å². The Hall–Kier alpha value is -0.570. The Kier molecular flexibility index (Phi) is 2.99. The molecule has 1 amide bonds. The van der Waals surface area contributed by atoms with Crippen molar-refractivity contribution < 1.29 is 9.53 Å². The molecule has 1 heterocycles. The van der Waals surface area contributed by atoms with E-state index in [1.54, 1.807) is 7.11 Å². The summed E-state index contributed by atoms with van der Waals surface area (Å²) in [5.74, 6) is 0.243. The van der Waals surface area contributed by atoms with E-state index in [2.05, 4.69) is 11.8 Å². The Bertz CT molecular complexity index is 286. The van der Waals surface area contributed by atoms with Gasteiger partial charge in [-0.3, -0.25) is 4.79 Å². The first kappa shape index (κ1) is 11.9. The largest absolute Gasteiger partial charge is 0.381 e. The lowest BCUT2D eigenvalue weighted by Crippen LogP contribution is -2.41. The molecule has 0 aromatic rings. The smallest absolute Gasteiger partial charge is 0.228 e. The number of rotatable bonds is 3. The lowest BCUT2D eigenvalue weighted by molar-refractivity contribution is -0.139. The van der Waals surface area contributed by atoms with Gasteiger partial charge in [0.1, 0.15) is 0 Å². The summed E-state index contributed by atoms with van der Waals surface area (Å²) in [5.41, 5.74) is 0.505. The van der Waals surface area contributed by atoms with Crippen LogP contribution in [0.4, 0.5) is 0 Å². The summed E-state index contributed by atoms with van der Waals surface area (Å²) in [4.78, 5) is 14.4. The Morgan fingerprint density at radius 1 is 1.44 bits per heavy atom. The summed E-state index contributed by atoms with van der Waals surface area (Å²) >= 11 is 0. The van der Waals surface area contributed by atoms with Crippen LogP contribution in [0.1, 0.15) is 40.0 Å². The molecule has 2 unspecified atom stereocenters. The van der Waals surface area contributed by atoms with Crippen LogP contribution in [0.25, 0.3) is 0 Å². The second-order valence-electron chi connectivity index (χ2n) is 5.75. The molecule has 0 aromatic heterocycles. The number of hydrogen-bond acceptors (Lipinski definition) is 2. The molecule has 3 nitrogen and oxygen atoms in total. The van der Waals surface area contributed by atoms with Crippen LogP contribution in [-0.2, 0) is 9.53 Å². The van der Waals surface area contributed by atoms with Gasteiger partial charge in [-0.2, -0.15) is 0 Å². The van der Waals surface area contributed by atoms with Crippen LogP contribution in [0.3, 0.4) is 0 Å². The molecule has 92 valence electrons. The zero-order chi connectivity index (χ0) is 11.9. The summed E-state index contributed by atoms with van der Waals surface area (Å²) in [6, 6.07) is 0.418. The number of carbonyl (C=O) groups is 1. The van der Waals surface area contributed by atoms with Crippen molar-refractivity contribution in [2.24, 2.45) is 11.3 Å². The number of likely N-dealkylation sites (tertiary alicyclic amines) is 1. The molecule has 16 heavy (non-hydrogen) atoms. The van der Waals surface area contributed by atoms with Crippen molar-refractivity contribution in [1.82, 2.24) is 4.90 Å². The second-order valence-corrected chi connectivity index (χ2v) is 5.75. The molecule has 3 heteroatoms. The van der Waals surface area contributed by atoms with E-state index in [0.29, 0.717) is 11.5 Å². The third-order valence-electron chi connectivity index (χ3n) is 4.47. The molecule has 2 rings (SSSR count). The molecule has 2 aliphatic rings. The van der Waals surface area contributed by atoms with E-state index in [9.17, 15) is 4.79 Å². The van der Waals surface area contributed by atoms with Crippen molar-refractivity contribution in [3.8, 4) is 0 Å². The molecule has 0 bridgehead atoms. The van der Waals surface area contributed by atoms with Crippen molar-refractivity contribution in [2.45, 2.75) is 52.2 Å². The summed E-state index contributed by atoms with van der Waals surface area (Å²) in [6.07, 6.45) is 3.84. The Labute approximate surface area is 98.1 Å². The first-order valence-corrected chi connectivity index (χ1v) is 6.32. The number of amides is 1. The Morgan fingerprint density at radius 2 is 2.06 bits per heavy atom. The predicted octanol–water partition coefficient (Wildman–Crippen LogP) is 2.06. The van der Waals surface area contributed by atoms with Gasteiger partial charge in [-0.25, -0.2) is 0 Å². The third kappa shape index (κ3) is 1.97. The number of carbonyl (C=O) groups excluding carboxylic acids is 1. The molecule has 1 aliphatic heterocycles. The van der Waals surface area contributed by atoms with E-state index in [4.69, 9.17) is 4.74 Å². The highest BCUT2D eigenvalue weighted by atomic mass is 16.5. The summed E-state index contributed by atoms with van der Waals surface area (Å²) in [7, 11) is 1.67. The van der Waals surface area contributed by atoms with Gasteiger partial charge in [0.15, 0.2) is 0 Å². The van der Waals surface area contributed by atoms with Gasteiger partial charge in [0.25, 0.3) is 0 Å². The van der Waals surface area contributed by atoms with E-state index >= 15 is 0 Å². The average molecular weight is 225 g/mol. The fourth-order valence-corrected chi connectivity index (χ4v) is 2.82. The molecule has 0 N–H and O–H groups in total. The number of ether oxygens (including phenoxy) is 1. The number of methoxy groups -OCH3 is 1. The second kappa shape index (κ2) is 4.02. The minimum absolute atomic E-state index is 0.00968. The molecular formula is C13H23NO2. The van der Waals surface area contributed by atoms with Gasteiger partial charge in [0.2, 0.25) is 5.91 Å². The molecule has 1 aliphatic carbocycles. The van der Waals surface area contributed by atoms with E-state index in [1.165, 1.54) is 19.3 Å². The first-order chi connectivity index (χ1) is 7.49. The van der Waals surface area contributed by atoms with Crippen LogP contribution < -0.4 is 0 Å². The van der Waals surface area contributed by atoms with Crippen molar-refractivity contribution in [1.29, 1.82) is 0 Å². The summed E-state index contributed by atoms with van der Waals surface area (Å²) in [5, 5.41) is 0. The topological polar surface area (TPSA) is 29.5 Å². The zero-order valence-corrected chi connectivity index (χ0v) is 10.8. The number of hydrogen-bond donors (Lipinski definition) is 0. The molecule has 2 fully saturated rings. The highest BCUT2D eigenvalue weighted by molar-refractivity contribution is 5.79. The van der Waals surface area contributed by atoms with Crippen LogP contribution in [0.2, 0.25) is 0 Å². The molecule has 1 saturated heterocycles. The predicted molar refractivity (Wildman–Crippen MR) is 63.1 cm³/mol. The molecule has 1 saturated carbocycles. The first-order valence-electron chi connectivity index (χ1n) is 6.32. The van der Waals surface area contributed by atoms with Crippen LogP contribution >= 0.6 is 0 Å². The van der Waals surface area contributed by atoms with Gasteiger partial charge >= 0.3 is 0 Å². The standard InChI is InChI=1S/C13H23NO2/c1-9-7-13(5-6-13)8-14(9)12(15)10(2)11(3)16-4/h9-11H,5-8H2,1-4H3/t9-,10?,11?/m1/s1. The lowest BCUT2D eigenvalue weighted by atomic mass is 10.0.